The zero-order valence-corrected chi connectivity index (χ0v) is 12.2. The summed E-state index contributed by atoms with van der Waals surface area (Å²) in [5, 5.41) is 3.19. The average Bonchev–Trinajstić information content (AvgIpc) is 2.48. The topological polar surface area (TPSA) is 55.1 Å². The summed E-state index contributed by atoms with van der Waals surface area (Å²) in [6, 6.07) is 10.8. The monoisotopic (exact) mass is 286 g/mol. The highest BCUT2D eigenvalue weighted by molar-refractivity contribution is 5.94. The molecule has 0 spiro atoms. The Labute approximate surface area is 124 Å². The van der Waals surface area contributed by atoms with Gasteiger partial charge < -0.3 is 11.1 Å². The lowest BCUT2D eigenvalue weighted by atomic mass is 10.0. The number of nitrogens with two attached hydrogens (primary N) is 1. The minimum absolute atomic E-state index is 0.171. The second-order valence-electron chi connectivity index (χ2n) is 4.97. The summed E-state index contributed by atoms with van der Waals surface area (Å²) in [7, 11) is 0. The molecule has 2 rings (SSSR count). The van der Waals surface area contributed by atoms with Gasteiger partial charge in [-0.3, -0.25) is 4.79 Å². The maximum atomic E-state index is 13.8. The third-order valence-corrected chi connectivity index (χ3v) is 3.60. The van der Waals surface area contributed by atoms with E-state index in [2.05, 4.69) is 18.3 Å². The molecule has 0 aliphatic carbocycles. The average molecular weight is 286 g/mol. The molecule has 0 saturated carbocycles. The lowest BCUT2D eigenvalue weighted by Crippen LogP contribution is -2.13. The highest BCUT2D eigenvalue weighted by atomic mass is 19.1. The minimum atomic E-state index is -0.633. The SMILES string of the molecule is CCc1ccccc1CNc1cc(C(N)=O)cc(F)c1C. The first-order chi connectivity index (χ1) is 10.0. The summed E-state index contributed by atoms with van der Waals surface area (Å²) in [4.78, 5) is 11.2. The second kappa shape index (κ2) is 6.39. The maximum Gasteiger partial charge on any atom is 0.248 e. The van der Waals surface area contributed by atoms with Crippen LogP contribution < -0.4 is 11.1 Å². The smallest absolute Gasteiger partial charge is 0.248 e. The van der Waals surface area contributed by atoms with Gasteiger partial charge in [-0.1, -0.05) is 31.2 Å². The third kappa shape index (κ3) is 3.40. The molecule has 0 aromatic heterocycles. The van der Waals surface area contributed by atoms with E-state index < -0.39 is 11.7 Å². The summed E-state index contributed by atoms with van der Waals surface area (Å²) in [6.07, 6.45) is 0.937. The number of hydrogen-bond acceptors (Lipinski definition) is 2. The van der Waals surface area contributed by atoms with Crippen LogP contribution in [0.15, 0.2) is 36.4 Å². The molecule has 0 saturated heterocycles. The molecule has 3 N–H and O–H groups in total. The normalized spacial score (nSPS) is 10.4. The van der Waals surface area contributed by atoms with E-state index in [1.165, 1.54) is 11.6 Å². The Bertz CT molecular complexity index is 668. The van der Waals surface area contributed by atoms with Gasteiger partial charge in [0.05, 0.1) is 0 Å². The standard InChI is InChI=1S/C17H19FN2O/c1-3-12-6-4-5-7-13(12)10-20-16-9-14(17(19)21)8-15(18)11(16)2/h4-9,20H,3,10H2,1-2H3,(H2,19,21). The van der Waals surface area contributed by atoms with Gasteiger partial charge in [0.1, 0.15) is 5.82 Å². The number of benzene rings is 2. The van der Waals surface area contributed by atoms with Crippen molar-refractivity contribution in [1.29, 1.82) is 0 Å². The van der Waals surface area contributed by atoms with Crippen molar-refractivity contribution in [3.8, 4) is 0 Å². The molecule has 0 atom stereocenters. The first-order valence-corrected chi connectivity index (χ1v) is 6.93. The van der Waals surface area contributed by atoms with Crippen molar-refractivity contribution >= 4 is 11.6 Å². The number of amides is 1. The van der Waals surface area contributed by atoms with E-state index in [-0.39, 0.29) is 5.56 Å². The number of nitrogens with one attached hydrogen (secondary N) is 1. The van der Waals surface area contributed by atoms with Crippen LogP contribution in [-0.2, 0) is 13.0 Å². The van der Waals surface area contributed by atoms with Gasteiger partial charge in [-0.15, -0.1) is 0 Å². The van der Waals surface area contributed by atoms with E-state index in [9.17, 15) is 9.18 Å². The Balaban J connectivity index is 2.25. The van der Waals surface area contributed by atoms with E-state index in [1.54, 1.807) is 13.0 Å². The molecule has 0 unspecified atom stereocenters. The van der Waals surface area contributed by atoms with Crippen LogP contribution in [0.2, 0.25) is 0 Å². The summed E-state index contributed by atoms with van der Waals surface area (Å²) < 4.78 is 13.8. The van der Waals surface area contributed by atoms with Gasteiger partial charge in [0.2, 0.25) is 5.91 Å². The number of rotatable bonds is 5. The highest BCUT2D eigenvalue weighted by Crippen LogP contribution is 2.22. The van der Waals surface area contributed by atoms with Crippen molar-refractivity contribution < 1.29 is 9.18 Å². The van der Waals surface area contributed by atoms with Gasteiger partial charge >= 0.3 is 0 Å². The Morgan fingerprint density at radius 3 is 2.52 bits per heavy atom. The van der Waals surface area contributed by atoms with Crippen molar-refractivity contribution in [2.75, 3.05) is 5.32 Å². The first-order valence-electron chi connectivity index (χ1n) is 6.93. The quantitative estimate of drug-likeness (QED) is 0.885. The largest absolute Gasteiger partial charge is 0.381 e. The van der Waals surface area contributed by atoms with Crippen LogP contribution in [0.4, 0.5) is 10.1 Å². The number of primary amides is 1. The van der Waals surface area contributed by atoms with Crippen LogP contribution in [0.25, 0.3) is 0 Å². The van der Waals surface area contributed by atoms with E-state index in [1.807, 2.05) is 18.2 Å². The Morgan fingerprint density at radius 2 is 1.90 bits per heavy atom. The van der Waals surface area contributed by atoms with E-state index >= 15 is 0 Å². The van der Waals surface area contributed by atoms with E-state index in [0.717, 1.165) is 12.0 Å². The Morgan fingerprint density at radius 1 is 1.24 bits per heavy atom. The van der Waals surface area contributed by atoms with Crippen molar-refractivity contribution in [3.05, 3.63) is 64.5 Å². The van der Waals surface area contributed by atoms with Gasteiger partial charge in [0.25, 0.3) is 0 Å². The molecule has 0 aliphatic heterocycles. The molecule has 110 valence electrons. The number of halogens is 1. The molecule has 0 bridgehead atoms. The van der Waals surface area contributed by atoms with Gasteiger partial charge in [-0.25, -0.2) is 4.39 Å². The molecule has 4 heteroatoms. The van der Waals surface area contributed by atoms with Gasteiger partial charge in [-0.2, -0.15) is 0 Å². The minimum Gasteiger partial charge on any atom is -0.381 e. The number of hydrogen-bond donors (Lipinski definition) is 2. The summed E-state index contributed by atoms with van der Waals surface area (Å²) in [5.41, 5.74) is 8.87. The van der Waals surface area contributed by atoms with Gasteiger partial charge in [0, 0.05) is 23.4 Å². The van der Waals surface area contributed by atoms with E-state index in [4.69, 9.17) is 5.73 Å². The predicted molar refractivity (Wildman–Crippen MR) is 82.8 cm³/mol. The third-order valence-electron chi connectivity index (χ3n) is 3.60. The molecular formula is C17H19FN2O. The molecule has 21 heavy (non-hydrogen) atoms. The molecule has 0 radical (unpaired) electrons. The van der Waals surface area contributed by atoms with Crippen LogP contribution >= 0.6 is 0 Å². The number of carbonyl (C=O) groups is 1. The van der Waals surface area contributed by atoms with Crippen molar-refractivity contribution in [1.82, 2.24) is 0 Å². The lowest BCUT2D eigenvalue weighted by molar-refractivity contribution is 0.1000. The van der Waals surface area contributed by atoms with Crippen LogP contribution in [-0.4, -0.2) is 5.91 Å². The fourth-order valence-electron chi connectivity index (χ4n) is 2.27. The van der Waals surface area contributed by atoms with Crippen molar-refractivity contribution in [2.45, 2.75) is 26.8 Å². The molecule has 2 aromatic carbocycles. The molecule has 0 fully saturated rings. The van der Waals surface area contributed by atoms with Crippen LogP contribution in [0.5, 0.6) is 0 Å². The van der Waals surface area contributed by atoms with Crippen LogP contribution in [0, 0.1) is 12.7 Å². The maximum absolute atomic E-state index is 13.8. The van der Waals surface area contributed by atoms with Gasteiger partial charge in [0.15, 0.2) is 0 Å². The number of anilines is 1. The highest BCUT2D eigenvalue weighted by Gasteiger charge is 2.10. The van der Waals surface area contributed by atoms with Gasteiger partial charge in [-0.05, 0) is 36.6 Å². The zero-order chi connectivity index (χ0) is 15.4. The van der Waals surface area contributed by atoms with E-state index in [0.29, 0.717) is 17.8 Å². The summed E-state index contributed by atoms with van der Waals surface area (Å²) in [5.74, 6) is -1.07. The Hall–Kier alpha value is -2.36. The van der Waals surface area contributed by atoms with Crippen molar-refractivity contribution in [2.24, 2.45) is 5.73 Å². The predicted octanol–water partition coefficient (Wildman–Crippen LogP) is 3.41. The Kier molecular flexibility index (Phi) is 4.58. The zero-order valence-electron chi connectivity index (χ0n) is 12.2. The summed E-state index contributed by atoms with van der Waals surface area (Å²) >= 11 is 0. The van der Waals surface area contributed by atoms with Crippen LogP contribution in [0.1, 0.15) is 34.0 Å². The fraction of sp³-hybridized carbons (Fsp3) is 0.235. The fourth-order valence-corrected chi connectivity index (χ4v) is 2.27. The molecule has 1 amide bonds. The number of carbonyl (C=O) groups excluding carboxylic acids is 1. The molecule has 0 heterocycles. The summed E-state index contributed by atoms with van der Waals surface area (Å²) in [6.45, 7) is 4.35. The molecular weight excluding hydrogens is 267 g/mol. The molecule has 3 nitrogen and oxygen atoms in total. The lowest BCUT2D eigenvalue weighted by Gasteiger charge is -2.13. The molecule has 0 aliphatic rings. The first kappa shape index (κ1) is 15.0. The second-order valence-corrected chi connectivity index (χ2v) is 4.97. The van der Waals surface area contributed by atoms with Crippen molar-refractivity contribution in [3.63, 3.8) is 0 Å². The molecule has 2 aromatic rings. The van der Waals surface area contributed by atoms with Crippen LogP contribution in [0.3, 0.4) is 0 Å². The number of aryl methyl sites for hydroxylation is 1.